The van der Waals surface area contributed by atoms with E-state index < -0.39 is 0 Å². The van der Waals surface area contributed by atoms with Gasteiger partial charge in [-0.1, -0.05) is 23.7 Å². The number of hydrogen-bond donors (Lipinski definition) is 1. The van der Waals surface area contributed by atoms with Gasteiger partial charge in [-0.05, 0) is 18.6 Å². The molecule has 15 heavy (non-hydrogen) atoms. The zero-order chi connectivity index (χ0) is 10.8. The van der Waals surface area contributed by atoms with Gasteiger partial charge in [0, 0.05) is 6.42 Å². The zero-order valence-corrected chi connectivity index (χ0v) is 8.75. The van der Waals surface area contributed by atoms with Gasteiger partial charge in [0.1, 0.15) is 0 Å². The second-order valence-electron chi connectivity index (χ2n) is 3.51. The molecule has 1 fully saturated rings. The minimum atomic E-state index is -0.311. The Hall–Kier alpha value is -1.35. The maximum atomic E-state index is 11.7. The second kappa shape index (κ2) is 4.03. The fourth-order valence-corrected chi connectivity index (χ4v) is 1.66. The minimum Gasteiger partial charge on any atom is -0.342 e. The molecule has 1 N–H and O–H groups in total. The highest BCUT2D eigenvalue weighted by Crippen LogP contribution is 2.18. The normalized spacial score (nSPS) is 19.5. The monoisotopic (exact) mass is 223 g/mol. The van der Waals surface area contributed by atoms with Crippen molar-refractivity contribution >= 4 is 23.3 Å². The van der Waals surface area contributed by atoms with Crippen LogP contribution in [0.3, 0.4) is 0 Å². The number of carbonyl (C=O) groups is 2. The summed E-state index contributed by atoms with van der Waals surface area (Å²) in [6, 6.07) is 6.48. The highest BCUT2D eigenvalue weighted by molar-refractivity contribution is 6.33. The Bertz CT molecular complexity index is 417. The van der Waals surface area contributed by atoms with Gasteiger partial charge >= 0.3 is 0 Å². The summed E-state index contributed by atoms with van der Waals surface area (Å²) in [5.74, 6) is -0.186. The smallest absolute Gasteiger partial charge is 0.253 e. The van der Waals surface area contributed by atoms with Crippen molar-refractivity contribution in [1.29, 1.82) is 0 Å². The Balaban J connectivity index is 2.08. The van der Waals surface area contributed by atoms with Gasteiger partial charge in [-0.15, -0.1) is 0 Å². The van der Waals surface area contributed by atoms with Gasteiger partial charge in [-0.2, -0.15) is 0 Å². The third kappa shape index (κ3) is 2.02. The van der Waals surface area contributed by atoms with Gasteiger partial charge in [-0.3, -0.25) is 9.59 Å². The SMILES string of the molecule is O=C(NC1CCC1=O)c1ccccc1Cl. The lowest BCUT2D eigenvalue weighted by atomic mass is 9.91. The van der Waals surface area contributed by atoms with Crippen molar-refractivity contribution in [2.75, 3.05) is 0 Å². The lowest BCUT2D eigenvalue weighted by Gasteiger charge is -2.24. The molecule has 1 aromatic carbocycles. The fraction of sp³-hybridized carbons (Fsp3) is 0.273. The number of hydrogen-bond acceptors (Lipinski definition) is 2. The molecule has 0 radical (unpaired) electrons. The summed E-state index contributed by atoms with van der Waals surface area (Å²) in [5, 5.41) is 3.05. The first-order valence-corrected chi connectivity index (χ1v) is 5.14. The van der Waals surface area contributed by atoms with E-state index in [0.717, 1.165) is 6.42 Å². The molecule has 0 spiro atoms. The van der Waals surface area contributed by atoms with Crippen LogP contribution in [0.4, 0.5) is 0 Å². The summed E-state index contributed by atoms with van der Waals surface area (Å²) in [4.78, 5) is 22.7. The van der Waals surface area contributed by atoms with Crippen LogP contribution in [-0.2, 0) is 4.79 Å². The van der Waals surface area contributed by atoms with Crippen molar-refractivity contribution < 1.29 is 9.59 Å². The number of ketones is 1. The predicted molar refractivity (Wildman–Crippen MR) is 56.9 cm³/mol. The average Bonchev–Trinajstić information content (AvgIpc) is 2.24. The number of benzene rings is 1. The third-order valence-corrected chi connectivity index (χ3v) is 2.82. The number of halogens is 1. The highest BCUT2D eigenvalue weighted by Gasteiger charge is 2.29. The van der Waals surface area contributed by atoms with Crippen LogP contribution < -0.4 is 5.32 Å². The summed E-state index contributed by atoms with van der Waals surface area (Å²) in [7, 11) is 0. The lowest BCUT2D eigenvalue weighted by molar-refractivity contribution is -0.126. The lowest BCUT2D eigenvalue weighted by Crippen LogP contribution is -2.47. The van der Waals surface area contributed by atoms with E-state index in [2.05, 4.69) is 5.32 Å². The summed E-state index contributed by atoms with van der Waals surface area (Å²) in [6.07, 6.45) is 1.29. The van der Waals surface area contributed by atoms with Gasteiger partial charge in [0.2, 0.25) is 0 Å². The van der Waals surface area contributed by atoms with Gasteiger partial charge < -0.3 is 5.32 Å². The number of amides is 1. The molecule has 1 unspecified atom stereocenters. The van der Waals surface area contributed by atoms with Crippen LogP contribution in [0.5, 0.6) is 0 Å². The molecule has 3 nitrogen and oxygen atoms in total. The van der Waals surface area contributed by atoms with E-state index in [1.54, 1.807) is 24.3 Å². The predicted octanol–water partition coefficient (Wildman–Crippen LogP) is 1.80. The molecule has 0 bridgehead atoms. The van der Waals surface area contributed by atoms with Crippen LogP contribution in [-0.4, -0.2) is 17.7 Å². The first-order chi connectivity index (χ1) is 7.18. The average molecular weight is 224 g/mol. The topological polar surface area (TPSA) is 46.2 Å². The molecule has 0 heterocycles. The largest absolute Gasteiger partial charge is 0.342 e. The van der Waals surface area contributed by atoms with Crippen LogP contribution in [0, 0.1) is 0 Å². The van der Waals surface area contributed by atoms with Gasteiger partial charge in [0.15, 0.2) is 5.78 Å². The standard InChI is InChI=1S/C11H10ClNO2/c12-8-4-2-1-3-7(8)11(15)13-9-5-6-10(9)14/h1-4,9H,5-6H2,(H,13,15). The molecule has 78 valence electrons. The number of rotatable bonds is 2. The van der Waals surface area contributed by atoms with E-state index in [1.165, 1.54) is 0 Å². The molecular weight excluding hydrogens is 214 g/mol. The van der Waals surface area contributed by atoms with Crippen molar-refractivity contribution in [3.8, 4) is 0 Å². The summed E-state index contributed by atoms with van der Waals surface area (Å²) in [6.45, 7) is 0. The van der Waals surface area contributed by atoms with E-state index >= 15 is 0 Å². The molecular formula is C11H10ClNO2. The maximum Gasteiger partial charge on any atom is 0.253 e. The molecule has 1 aliphatic carbocycles. The van der Waals surface area contributed by atoms with E-state index in [-0.39, 0.29) is 17.7 Å². The molecule has 2 rings (SSSR count). The van der Waals surface area contributed by atoms with Crippen LogP contribution in [0.2, 0.25) is 5.02 Å². The van der Waals surface area contributed by atoms with Crippen molar-refractivity contribution in [2.45, 2.75) is 18.9 Å². The van der Waals surface area contributed by atoms with E-state index in [4.69, 9.17) is 11.6 Å². The van der Waals surface area contributed by atoms with Crippen molar-refractivity contribution in [1.82, 2.24) is 5.32 Å². The van der Waals surface area contributed by atoms with E-state index in [0.29, 0.717) is 17.0 Å². The third-order valence-electron chi connectivity index (χ3n) is 2.49. The van der Waals surface area contributed by atoms with Crippen LogP contribution >= 0.6 is 11.6 Å². The Kier molecular flexibility index (Phi) is 2.73. The van der Waals surface area contributed by atoms with E-state index in [1.807, 2.05) is 0 Å². The zero-order valence-electron chi connectivity index (χ0n) is 8.00. The molecule has 1 amide bonds. The number of Topliss-reactive ketones (excluding diaryl/α,β-unsaturated/α-hetero) is 1. The molecule has 0 aromatic heterocycles. The van der Waals surface area contributed by atoms with Crippen molar-refractivity contribution in [3.63, 3.8) is 0 Å². The molecule has 1 aromatic rings. The van der Waals surface area contributed by atoms with E-state index in [9.17, 15) is 9.59 Å². The Labute approximate surface area is 92.4 Å². The first-order valence-electron chi connectivity index (χ1n) is 4.76. The molecule has 1 atom stereocenters. The molecule has 0 saturated heterocycles. The molecule has 1 aliphatic rings. The van der Waals surface area contributed by atoms with Crippen LogP contribution in [0.15, 0.2) is 24.3 Å². The fourth-order valence-electron chi connectivity index (χ4n) is 1.44. The Morgan fingerprint density at radius 1 is 1.40 bits per heavy atom. The summed E-state index contributed by atoms with van der Waals surface area (Å²) in [5.41, 5.74) is 0.416. The first kappa shape index (κ1) is 10.2. The van der Waals surface area contributed by atoms with Gasteiger partial charge in [0.05, 0.1) is 16.6 Å². The minimum absolute atomic E-state index is 0.0930. The van der Waals surface area contributed by atoms with Crippen LogP contribution in [0.25, 0.3) is 0 Å². The maximum absolute atomic E-state index is 11.7. The van der Waals surface area contributed by atoms with Gasteiger partial charge in [-0.25, -0.2) is 0 Å². The number of nitrogens with one attached hydrogen (secondary N) is 1. The highest BCUT2D eigenvalue weighted by atomic mass is 35.5. The molecule has 4 heteroatoms. The Morgan fingerprint density at radius 3 is 2.67 bits per heavy atom. The quantitative estimate of drug-likeness (QED) is 0.831. The second-order valence-corrected chi connectivity index (χ2v) is 3.92. The Morgan fingerprint density at radius 2 is 2.13 bits per heavy atom. The van der Waals surface area contributed by atoms with Crippen molar-refractivity contribution in [3.05, 3.63) is 34.9 Å². The van der Waals surface area contributed by atoms with Crippen molar-refractivity contribution in [2.24, 2.45) is 0 Å². The summed E-state index contributed by atoms with van der Waals surface area (Å²) >= 11 is 5.85. The number of carbonyl (C=O) groups excluding carboxylic acids is 2. The molecule has 0 aliphatic heterocycles. The van der Waals surface area contributed by atoms with Crippen LogP contribution in [0.1, 0.15) is 23.2 Å². The molecule has 1 saturated carbocycles. The summed E-state index contributed by atoms with van der Waals surface area (Å²) < 4.78 is 0. The van der Waals surface area contributed by atoms with Gasteiger partial charge in [0.25, 0.3) is 5.91 Å².